The maximum atomic E-state index is 13.9. The normalized spacial score (nSPS) is 12.6. The first-order valence-corrected chi connectivity index (χ1v) is 6.64. The molecule has 0 bridgehead atoms. The van der Waals surface area contributed by atoms with E-state index in [2.05, 4.69) is 10.3 Å². The predicted molar refractivity (Wildman–Crippen MR) is 74.7 cm³/mol. The number of nitrogens with one attached hydrogen (secondary N) is 1. The number of imidazole rings is 1. The van der Waals surface area contributed by atoms with Crippen LogP contribution < -0.4 is 5.32 Å². The second-order valence-corrected chi connectivity index (χ2v) is 4.88. The van der Waals surface area contributed by atoms with Crippen LogP contribution >= 0.6 is 11.6 Å². The topological polar surface area (TPSA) is 29.9 Å². The van der Waals surface area contributed by atoms with Crippen molar-refractivity contribution in [2.45, 2.75) is 19.4 Å². The van der Waals surface area contributed by atoms with Gasteiger partial charge < -0.3 is 9.88 Å². The fourth-order valence-corrected chi connectivity index (χ4v) is 2.28. The van der Waals surface area contributed by atoms with Gasteiger partial charge in [0.1, 0.15) is 11.6 Å². The lowest BCUT2D eigenvalue weighted by molar-refractivity contribution is 0.493. The van der Waals surface area contributed by atoms with Gasteiger partial charge in [-0.05, 0) is 30.7 Å². The first-order chi connectivity index (χ1) is 9.11. The standard InChI is InChI=1S/C14H17ClFN3/c1-3-17-13(14-18-6-7-19(14)2)8-10-4-5-11(15)9-12(10)16/h4-7,9,13,17H,3,8H2,1-2H3. The van der Waals surface area contributed by atoms with Crippen LogP contribution in [0.15, 0.2) is 30.6 Å². The minimum atomic E-state index is -0.274. The molecular weight excluding hydrogens is 265 g/mol. The van der Waals surface area contributed by atoms with Crippen LogP contribution in [0.25, 0.3) is 0 Å². The highest BCUT2D eigenvalue weighted by molar-refractivity contribution is 6.30. The number of hydrogen-bond acceptors (Lipinski definition) is 2. The summed E-state index contributed by atoms with van der Waals surface area (Å²) in [5, 5.41) is 3.75. The number of hydrogen-bond donors (Lipinski definition) is 1. The molecule has 0 aliphatic heterocycles. The van der Waals surface area contributed by atoms with E-state index in [0.29, 0.717) is 17.0 Å². The van der Waals surface area contributed by atoms with Gasteiger partial charge in [-0.3, -0.25) is 0 Å². The van der Waals surface area contributed by atoms with Gasteiger partial charge in [0.05, 0.1) is 6.04 Å². The second kappa shape index (κ2) is 6.17. The molecule has 0 saturated heterocycles. The molecule has 2 rings (SSSR count). The van der Waals surface area contributed by atoms with Crippen LogP contribution in [0.5, 0.6) is 0 Å². The molecule has 5 heteroatoms. The number of aryl methyl sites for hydroxylation is 1. The summed E-state index contributed by atoms with van der Waals surface area (Å²) >= 11 is 5.77. The average molecular weight is 282 g/mol. The summed E-state index contributed by atoms with van der Waals surface area (Å²) in [7, 11) is 1.94. The summed E-state index contributed by atoms with van der Waals surface area (Å²) in [5.41, 5.74) is 0.637. The summed E-state index contributed by atoms with van der Waals surface area (Å²) in [6, 6.07) is 4.77. The Kier molecular flexibility index (Phi) is 4.56. The number of rotatable bonds is 5. The molecule has 1 aromatic carbocycles. The molecule has 102 valence electrons. The van der Waals surface area contributed by atoms with E-state index < -0.39 is 0 Å². The Balaban J connectivity index is 2.24. The van der Waals surface area contributed by atoms with E-state index >= 15 is 0 Å². The monoisotopic (exact) mass is 281 g/mol. The summed E-state index contributed by atoms with van der Waals surface area (Å²) in [6.07, 6.45) is 4.18. The van der Waals surface area contributed by atoms with Gasteiger partial charge in [-0.15, -0.1) is 0 Å². The lowest BCUT2D eigenvalue weighted by Gasteiger charge is -2.18. The highest BCUT2D eigenvalue weighted by Gasteiger charge is 2.17. The molecule has 0 radical (unpaired) electrons. The molecule has 0 fully saturated rings. The first-order valence-electron chi connectivity index (χ1n) is 6.26. The van der Waals surface area contributed by atoms with Crippen molar-refractivity contribution in [1.82, 2.24) is 14.9 Å². The maximum absolute atomic E-state index is 13.9. The fraction of sp³-hybridized carbons (Fsp3) is 0.357. The number of nitrogens with zero attached hydrogens (tertiary/aromatic N) is 2. The highest BCUT2D eigenvalue weighted by atomic mass is 35.5. The Hall–Kier alpha value is -1.39. The third kappa shape index (κ3) is 3.33. The van der Waals surface area contributed by atoms with Crippen LogP contribution in [0, 0.1) is 5.82 Å². The summed E-state index contributed by atoms with van der Waals surface area (Å²) in [4.78, 5) is 4.33. The number of aromatic nitrogens is 2. The molecule has 0 spiro atoms. The minimum absolute atomic E-state index is 0.0133. The Morgan fingerprint density at radius 1 is 1.47 bits per heavy atom. The average Bonchev–Trinajstić information content (AvgIpc) is 2.78. The van der Waals surface area contributed by atoms with Crippen molar-refractivity contribution in [1.29, 1.82) is 0 Å². The van der Waals surface area contributed by atoms with E-state index in [0.717, 1.165) is 12.4 Å². The fourth-order valence-electron chi connectivity index (χ4n) is 2.12. The van der Waals surface area contributed by atoms with Gasteiger partial charge in [-0.25, -0.2) is 9.37 Å². The lowest BCUT2D eigenvalue weighted by Crippen LogP contribution is -2.26. The molecule has 0 aliphatic carbocycles. The minimum Gasteiger partial charge on any atom is -0.337 e. The Bertz CT molecular complexity index is 553. The van der Waals surface area contributed by atoms with E-state index in [-0.39, 0.29) is 11.9 Å². The molecule has 3 nitrogen and oxygen atoms in total. The van der Waals surface area contributed by atoms with Crippen LogP contribution in [0.1, 0.15) is 24.4 Å². The zero-order valence-corrected chi connectivity index (χ0v) is 11.8. The molecule has 0 aliphatic rings. The Morgan fingerprint density at radius 2 is 2.26 bits per heavy atom. The molecular formula is C14H17ClFN3. The SMILES string of the molecule is CCNC(Cc1ccc(Cl)cc1F)c1nccn1C. The van der Waals surface area contributed by atoms with Gasteiger partial charge >= 0.3 is 0 Å². The van der Waals surface area contributed by atoms with E-state index in [1.165, 1.54) is 6.07 Å². The van der Waals surface area contributed by atoms with Crippen molar-refractivity contribution in [2.75, 3.05) is 6.54 Å². The van der Waals surface area contributed by atoms with Gasteiger partial charge in [-0.1, -0.05) is 24.6 Å². The van der Waals surface area contributed by atoms with Crippen LogP contribution in [0.2, 0.25) is 5.02 Å². The first kappa shape index (κ1) is 14.0. The molecule has 19 heavy (non-hydrogen) atoms. The van der Waals surface area contributed by atoms with Crippen molar-refractivity contribution in [3.05, 3.63) is 52.8 Å². The van der Waals surface area contributed by atoms with Crippen molar-refractivity contribution in [3.63, 3.8) is 0 Å². The van der Waals surface area contributed by atoms with Gasteiger partial charge in [-0.2, -0.15) is 0 Å². The van der Waals surface area contributed by atoms with Crippen molar-refractivity contribution < 1.29 is 4.39 Å². The molecule has 0 saturated carbocycles. The molecule has 1 heterocycles. The van der Waals surface area contributed by atoms with Crippen molar-refractivity contribution in [2.24, 2.45) is 7.05 Å². The summed E-state index contributed by atoms with van der Waals surface area (Å²) < 4.78 is 15.8. The van der Waals surface area contributed by atoms with Gasteiger partial charge in [0.15, 0.2) is 0 Å². The van der Waals surface area contributed by atoms with Crippen molar-refractivity contribution in [3.8, 4) is 0 Å². The highest BCUT2D eigenvalue weighted by Crippen LogP contribution is 2.21. The van der Waals surface area contributed by atoms with Gasteiger partial charge in [0, 0.05) is 24.5 Å². The third-order valence-corrected chi connectivity index (χ3v) is 3.29. The molecule has 2 aromatic rings. The van der Waals surface area contributed by atoms with E-state index in [4.69, 9.17) is 11.6 Å². The smallest absolute Gasteiger partial charge is 0.127 e. The Morgan fingerprint density at radius 3 is 2.84 bits per heavy atom. The van der Waals surface area contributed by atoms with E-state index in [1.807, 2.05) is 24.7 Å². The number of halogens is 2. The summed E-state index contributed by atoms with van der Waals surface area (Å²) in [6.45, 7) is 2.82. The van der Waals surface area contributed by atoms with Gasteiger partial charge in [0.2, 0.25) is 0 Å². The molecule has 0 amide bonds. The van der Waals surface area contributed by atoms with Gasteiger partial charge in [0.25, 0.3) is 0 Å². The Labute approximate surface area is 117 Å². The van der Waals surface area contributed by atoms with Crippen LogP contribution in [0.4, 0.5) is 4.39 Å². The van der Waals surface area contributed by atoms with Crippen LogP contribution in [-0.4, -0.2) is 16.1 Å². The zero-order valence-electron chi connectivity index (χ0n) is 11.0. The van der Waals surface area contributed by atoms with Crippen LogP contribution in [-0.2, 0) is 13.5 Å². The number of likely N-dealkylation sites (N-methyl/N-ethyl adjacent to an activating group) is 1. The zero-order chi connectivity index (χ0) is 13.8. The molecule has 1 atom stereocenters. The molecule has 1 unspecified atom stereocenters. The van der Waals surface area contributed by atoms with E-state index in [9.17, 15) is 4.39 Å². The summed E-state index contributed by atoms with van der Waals surface area (Å²) in [5.74, 6) is 0.626. The second-order valence-electron chi connectivity index (χ2n) is 4.45. The molecule has 1 aromatic heterocycles. The largest absolute Gasteiger partial charge is 0.337 e. The number of benzene rings is 1. The van der Waals surface area contributed by atoms with Crippen molar-refractivity contribution >= 4 is 11.6 Å². The maximum Gasteiger partial charge on any atom is 0.127 e. The third-order valence-electron chi connectivity index (χ3n) is 3.06. The van der Waals surface area contributed by atoms with E-state index in [1.54, 1.807) is 18.3 Å². The lowest BCUT2D eigenvalue weighted by atomic mass is 10.0. The quantitative estimate of drug-likeness (QED) is 0.913. The van der Waals surface area contributed by atoms with Crippen LogP contribution in [0.3, 0.4) is 0 Å². The molecule has 1 N–H and O–H groups in total. The predicted octanol–water partition coefficient (Wildman–Crippen LogP) is 3.11.